The van der Waals surface area contributed by atoms with E-state index in [2.05, 4.69) is 11.8 Å². The highest BCUT2D eigenvalue weighted by molar-refractivity contribution is 7.89. The Balaban J connectivity index is 1.52. The minimum Gasteiger partial charge on any atom is -0.497 e. The minimum absolute atomic E-state index is 0.184. The lowest BCUT2D eigenvalue weighted by molar-refractivity contribution is 0.196. The molecule has 2 saturated heterocycles. The van der Waals surface area contributed by atoms with Gasteiger partial charge >= 0.3 is 0 Å². The SMILES string of the molecule is CCN1CCN(S(=O)(=O)c2ccc(OC)c(N3CCN(S(=O)(=O)c4cccc(OC)c4)CC3)c2)CC1. The van der Waals surface area contributed by atoms with E-state index in [-0.39, 0.29) is 22.9 Å². The second-order valence-corrected chi connectivity index (χ2v) is 12.6. The molecule has 198 valence electrons. The van der Waals surface area contributed by atoms with Crippen LogP contribution in [0.1, 0.15) is 6.92 Å². The van der Waals surface area contributed by atoms with Crippen molar-refractivity contribution in [3.8, 4) is 11.5 Å². The fraction of sp³-hybridized carbons (Fsp3) is 0.500. The average molecular weight is 539 g/mol. The van der Waals surface area contributed by atoms with Gasteiger partial charge in [0, 0.05) is 58.4 Å². The Morgan fingerprint density at radius 3 is 1.86 bits per heavy atom. The molecule has 2 aromatic carbocycles. The molecule has 2 heterocycles. The molecule has 0 aromatic heterocycles. The largest absolute Gasteiger partial charge is 0.497 e. The quantitative estimate of drug-likeness (QED) is 0.499. The van der Waals surface area contributed by atoms with Crippen LogP contribution in [0.3, 0.4) is 0 Å². The Morgan fingerprint density at radius 2 is 1.31 bits per heavy atom. The maximum atomic E-state index is 13.4. The lowest BCUT2D eigenvalue weighted by atomic mass is 10.2. The third-order valence-corrected chi connectivity index (χ3v) is 10.6. The number of rotatable bonds is 8. The second-order valence-electron chi connectivity index (χ2n) is 8.74. The third-order valence-electron chi connectivity index (χ3n) is 6.82. The van der Waals surface area contributed by atoms with Crippen LogP contribution in [0, 0.1) is 0 Å². The highest BCUT2D eigenvalue weighted by Gasteiger charge is 2.32. The van der Waals surface area contributed by atoms with Crippen LogP contribution in [0.4, 0.5) is 5.69 Å². The molecular formula is C24H34N4O6S2. The van der Waals surface area contributed by atoms with E-state index in [4.69, 9.17) is 9.47 Å². The molecule has 36 heavy (non-hydrogen) atoms. The van der Waals surface area contributed by atoms with E-state index >= 15 is 0 Å². The van der Waals surface area contributed by atoms with Crippen molar-refractivity contribution in [3.63, 3.8) is 0 Å². The zero-order valence-corrected chi connectivity index (χ0v) is 22.6. The number of likely N-dealkylation sites (N-methyl/N-ethyl adjacent to an activating group) is 1. The van der Waals surface area contributed by atoms with Gasteiger partial charge in [-0.25, -0.2) is 16.8 Å². The number of sulfonamides is 2. The van der Waals surface area contributed by atoms with Gasteiger partial charge in [0.05, 0.1) is 29.7 Å². The predicted octanol–water partition coefficient (Wildman–Crippen LogP) is 1.54. The molecule has 0 amide bonds. The van der Waals surface area contributed by atoms with Gasteiger partial charge in [0.2, 0.25) is 20.0 Å². The lowest BCUT2D eigenvalue weighted by Gasteiger charge is -2.36. The fourth-order valence-corrected chi connectivity index (χ4v) is 7.49. The Bertz CT molecular complexity index is 1270. The standard InChI is InChI=1S/C24H34N4O6S2/c1-4-25-10-14-27(15-11-25)36(31,32)22-8-9-24(34-3)23(19-22)26-12-16-28(17-13-26)35(29,30)21-7-5-6-20(18-21)33-2/h5-9,18-19H,4,10-17H2,1-3H3. The number of nitrogens with zero attached hydrogens (tertiary/aromatic N) is 4. The number of piperazine rings is 2. The van der Waals surface area contributed by atoms with Crippen LogP contribution in [0.5, 0.6) is 11.5 Å². The minimum atomic E-state index is -3.68. The summed E-state index contributed by atoms with van der Waals surface area (Å²) in [4.78, 5) is 4.61. The van der Waals surface area contributed by atoms with E-state index in [1.54, 1.807) is 43.5 Å². The maximum absolute atomic E-state index is 13.4. The number of hydrogen-bond donors (Lipinski definition) is 0. The van der Waals surface area contributed by atoms with Gasteiger partial charge in [-0.05, 0) is 36.9 Å². The molecule has 0 atom stereocenters. The van der Waals surface area contributed by atoms with Crippen molar-refractivity contribution in [1.29, 1.82) is 0 Å². The summed E-state index contributed by atoms with van der Waals surface area (Å²) in [6.45, 7) is 6.64. The van der Waals surface area contributed by atoms with Crippen molar-refractivity contribution in [1.82, 2.24) is 13.5 Å². The highest BCUT2D eigenvalue weighted by atomic mass is 32.2. The van der Waals surface area contributed by atoms with E-state index < -0.39 is 20.0 Å². The number of methoxy groups -OCH3 is 2. The molecule has 10 nitrogen and oxygen atoms in total. The summed E-state index contributed by atoms with van der Waals surface area (Å²) < 4.78 is 66.7. The van der Waals surface area contributed by atoms with E-state index in [9.17, 15) is 16.8 Å². The first-order valence-corrected chi connectivity index (χ1v) is 14.9. The topological polar surface area (TPSA) is 99.7 Å². The number of ether oxygens (including phenoxy) is 2. The molecule has 0 saturated carbocycles. The van der Waals surface area contributed by atoms with Crippen molar-refractivity contribution in [2.24, 2.45) is 0 Å². The summed E-state index contributed by atoms with van der Waals surface area (Å²) >= 11 is 0. The van der Waals surface area contributed by atoms with Crippen LogP contribution in [-0.2, 0) is 20.0 Å². The van der Waals surface area contributed by atoms with Crippen molar-refractivity contribution in [2.45, 2.75) is 16.7 Å². The summed E-state index contributed by atoms with van der Waals surface area (Å²) in [5.41, 5.74) is 0.643. The van der Waals surface area contributed by atoms with Gasteiger partial charge in [-0.2, -0.15) is 8.61 Å². The summed E-state index contributed by atoms with van der Waals surface area (Å²) in [6, 6.07) is 11.3. The molecule has 4 rings (SSSR count). The Morgan fingerprint density at radius 1 is 0.722 bits per heavy atom. The van der Waals surface area contributed by atoms with Crippen LogP contribution in [0.2, 0.25) is 0 Å². The maximum Gasteiger partial charge on any atom is 0.243 e. The molecule has 2 aliphatic heterocycles. The first-order valence-electron chi connectivity index (χ1n) is 12.0. The Kier molecular flexibility index (Phi) is 8.10. The molecule has 0 spiro atoms. The van der Waals surface area contributed by atoms with Gasteiger partial charge in [-0.3, -0.25) is 0 Å². The highest BCUT2D eigenvalue weighted by Crippen LogP contribution is 2.33. The van der Waals surface area contributed by atoms with Crippen molar-refractivity contribution >= 4 is 25.7 Å². The monoisotopic (exact) mass is 538 g/mol. The third kappa shape index (κ3) is 5.32. The zero-order valence-electron chi connectivity index (χ0n) is 21.0. The first kappa shape index (κ1) is 26.7. The number of anilines is 1. The van der Waals surface area contributed by atoms with Crippen LogP contribution in [0.15, 0.2) is 52.3 Å². The first-order chi connectivity index (χ1) is 17.2. The second kappa shape index (κ2) is 10.9. The van der Waals surface area contributed by atoms with Gasteiger partial charge < -0.3 is 19.3 Å². The summed E-state index contributed by atoms with van der Waals surface area (Å²) in [5, 5.41) is 0. The van der Waals surface area contributed by atoms with Crippen LogP contribution >= 0.6 is 0 Å². The molecule has 0 N–H and O–H groups in total. The van der Waals surface area contributed by atoms with E-state index in [1.165, 1.54) is 21.8 Å². The summed E-state index contributed by atoms with van der Waals surface area (Å²) in [5.74, 6) is 1.03. The average Bonchev–Trinajstić information content (AvgIpc) is 2.92. The van der Waals surface area contributed by atoms with Gasteiger partial charge in [-0.15, -0.1) is 0 Å². The van der Waals surface area contributed by atoms with Gasteiger partial charge in [0.15, 0.2) is 0 Å². The van der Waals surface area contributed by atoms with Crippen LogP contribution in [-0.4, -0.2) is 103 Å². The fourth-order valence-electron chi connectivity index (χ4n) is 4.59. The molecule has 2 fully saturated rings. The smallest absolute Gasteiger partial charge is 0.243 e. The number of hydrogen-bond acceptors (Lipinski definition) is 8. The molecule has 12 heteroatoms. The molecule has 0 radical (unpaired) electrons. The molecule has 0 aliphatic carbocycles. The van der Waals surface area contributed by atoms with Crippen LogP contribution in [0.25, 0.3) is 0 Å². The molecular weight excluding hydrogens is 504 g/mol. The zero-order chi connectivity index (χ0) is 25.9. The molecule has 2 aliphatic rings. The van der Waals surface area contributed by atoms with E-state index in [1.807, 2.05) is 4.90 Å². The van der Waals surface area contributed by atoms with Crippen molar-refractivity contribution in [3.05, 3.63) is 42.5 Å². The number of benzene rings is 2. The molecule has 2 aromatic rings. The summed E-state index contributed by atoms with van der Waals surface area (Å²) in [6.07, 6.45) is 0. The van der Waals surface area contributed by atoms with Crippen molar-refractivity contribution < 1.29 is 26.3 Å². The van der Waals surface area contributed by atoms with Gasteiger partial charge in [-0.1, -0.05) is 13.0 Å². The molecule has 0 unspecified atom stereocenters. The van der Waals surface area contributed by atoms with Gasteiger partial charge in [0.1, 0.15) is 11.5 Å². The normalized spacial score (nSPS) is 18.8. The Hall–Kier alpha value is -2.38. The van der Waals surface area contributed by atoms with E-state index in [0.717, 1.165) is 6.54 Å². The van der Waals surface area contributed by atoms with Gasteiger partial charge in [0.25, 0.3) is 0 Å². The lowest BCUT2D eigenvalue weighted by Crippen LogP contribution is -2.49. The predicted molar refractivity (Wildman–Crippen MR) is 138 cm³/mol. The molecule has 0 bridgehead atoms. The van der Waals surface area contributed by atoms with E-state index in [0.29, 0.717) is 56.5 Å². The summed E-state index contributed by atoms with van der Waals surface area (Å²) in [7, 11) is -4.29. The van der Waals surface area contributed by atoms with Crippen molar-refractivity contribution in [2.75, 3.05) is 78.0 Å². The van der Waals surface area contributed by atoms with Crippen LogP contribution < -0.4 is 14.4 Å². The Labute approximate surface area is 214 Å².